The van der Waals surface area contributed by atoms with E-state index in [4.69, 9.17) is 0 Å². The van der Waals surface area contributed by atoms with Gasteiger partial charge in [-0.15, -0.1) is 24.8 Å². The molecule has 1 aliphatic heterocycles. The lowest BCUT2D eigenvalue weighted by atomic mass is 9.92. The van der Waals surface area contributed by atoms with Gasteiger partial charge in [-0.1, -0.05) is 15.9 Å². The molecule has 0 bridgehead atoms. The molecule has 1 saturated carbocycles. The van der Waals surface area contributed by atoms with Crippen LogP contribution in [0.2, 0.25) is 0 Å². The molecule has 1 heterocycles. The Morgan fingerprint density at radius 2 is 1.92 bits per heavy atom. The van der Waals surface area contributed by atoms with Crippen molar-refractivity contribution in [3.8, 4) is 0 Å². The van der Waals surface area contributed by atoms with E-state index in [1.165, 1.54) is 0 Å². The Bertz CT molecular complexity index is 577. The number of rotatable bonds is 4. The number of nitrogens with one attached hydrogen (secondary N) is 3. The highest BCUT2D eigenvalue weighted by Crippen LogP contribution is 2.58. The van der Waals surface area contributed by atoms with Gasteiger partial charge < -0.3 is 16.0 Å². The molecule has 1 atom stereocenters. The molecule has 0 radical (unpaired) electrons. The zero-order valence-electron chi connectivity index (χ0n) is 14.0. The number of halogens is 3. The van der Waals surface area contributed by atoms with E-state index in [0.717, 1.165) is 48.2 Å². The lowest BCUT2D eigenvalue weighted by Gasteiger charge is -2.23. The number of carbonyl (C=O) groups is 1. The summed E-state index contributed by atoms with van der Waals surface area (Å²) in [6.07, 6.45) is 3.29. The summed E-state index contributed by atoms with van der Waals surface area (Å²) in [6.45, 7) is 6.28. The van der Waals surface area contributed by atoms with Crippen LogP contribution >= 0.6 is 40.7 Å². The van der Waals surface area contributed by atoms with E-state index in [9.17, 15) is 4.79 Å². The molecule has 1 unspecified atom stereocenters. The summed E-state index contributed by atoms with van der Waals surface area (Å²) in [5, 5.41) is 9.91. The monoisotopic (exact) mass is 437 g/mol. The highest BCUT2D eigenvalue weighted by atomic mass is 79.9. The highest BCUT2D eigenvalue weighted by Gasteiger charge is 2.57. The molecule has 136 valence electrons. The quantitative estimate of drug-likeness (QED) is 0.651. The van der Waals surface area contributed by atoms with E-state index in [1.54, 1.807) is 0 Å². The first kappa shape index (κ1) is 21.6. The lowest BCUT2D eigenvalue weighted by Crippen LogP contribution is -2.31. The number of hydrogen-bond donors (Lipinski definition) is 3. The minimum Gasteiger partial charge on any atom is -0.381 e. The Balaban J connectivity index is 0.00000144. The van der Waals surface area contributed by atoms with Crippen molar-refractivity contribution in [3.63, 3.8) is 0 Å². The largest absolute Gasteiger partial charge is 0.381 e. The van der Waals surface area contributed by atoms with E-state index in [0.29, 0.717) is 6.04 Å². The standard InChI is InChI=1S/C17H24BrN3O.2ClH/c1-11(2)20-14-4-3-12(18)9-15(14)21-16(22)13-10-17(13)5-7-19-8-6-17;;/h3-4,9,11,13,19-20H,5-8,10H2,1-2H3,(H,21,22);2*1H. The summed E-state index contributed by atoms with van der Waals surface area (Å²) in [6, 6.07) is 6.30. The predicted octanol–water partition coefficient (Wildman–Crippen LogP) is 4.44. The second-order valence-electron chi connectivity index (χ2n) is 6.85. The van der Waals surface area contributed by atoms with Gasteiger partial charge in [0.1, 0.15) is 0 Å². The molecule has 2 aliphatic rings. The number of carbonyl (C=O) groups excluding carboxylic acids is 1. The Morgan fingerprint density at radius 1 is 1.25 bits per heavy atom. The topological polar surface area (TPSA) is 53.2 Å². The van der Waals surface area contributed by atoms with Crippen LogP contribution in [-0.4, -0.2) is 25.0 Å². The van der Waals surface area contributed by atoms with Crippen molar-refractivity contribution in [2.75, 3.05) is 23.7 Å². The normalized spacial score (nSPS) is 20.8. The van der Waals surface area contributed by atoms with Crippen LogP contribution in [0.25, 0.3) is 0 Å². The van der Waals surface area contributed by atoms with Crippen LogP contribution in [-0.2, 0) is 4.79 Å². The summed E-state index contributed by atoms with van der Waals surface area (Å²) >= 11 is 3.49. The molecule has 0 aromatic heterocycles. The second-order valence-corrected chi connectivity index (χ2v) is 7.76. The predicted molar refractivity (Wildman–Crippen MR) is 109 cm³/mol. The molecule has 1 spiro atoms. The minimum atomic E-state index is 0. The summed E-state index contributed by atoms with van der Waals surface area (Å²) in [5.41, 5.74) is 2.11. The van der Waals surface area contributed by atoms with Crippen LogP contribution in [0.15, 0.2) is 22.7 Å². The van der Waals surface area contributed by atoms with E-state index in [-0.39, 0.29) is 42.1 Å². The number of anilines is 2. The van der Waals surface area contributed by atoms with Gasteiger partial charge in [-0.05, 0) is 69.8 Å². The van der Waals surface area contributed by atoms with Gasteiger partial charge in [0, 0.05) is 16.4 Å². The molecule has 1 amide bonds. The lowest BCUT2D eigenvalue weighted by molar-refractivity contribution is -0.118. The molecule has 3 rings (SSSR count). The molecule has 1 aliphatic carbocycles. The maximum Gasteiger partial charge on any atom is 0.228 e. The maximum absolute atomic E-state index is 12.6. The smallest absolute Gasteiger partial charge is 0.228 e. The Morgan fingerprint density at radius 3 is 2.54 bits per heavy atom. The van der Waals surface area contributed by atoms with Gasteiger partial charge in [0.2, 0.25) is 5.91 Å². The average molecular weight is 439 g/mol. The number of piperidine rings is 1. The van der Waals surface area contributed by atoms with Crippen LogP contribution in [0.3, 0.4) is 0 Å². The maximum atomic E-state index is 12.6. The van der Waals surface area contributed by atoms with Crippen molar-refractivity contribution in [1.29, 1.82) is 0 Å². The highest BCUT2D eigenvalue weighted by molar-refractivity contribution is 9.10. The van der Waals surface area contributed by atoms with E-state index < -0.39 is 0 Å². The molecule has 4 nitrogen and oxygen atoms in total. The van der Waals surface area contributed by atoms with Crippen molar-refractivity contribution in [3.05, 3.63) is 22.7 Å². The SMILES string of the molecule is CC(C)Nc1ccc(Br)cc1NC(=O)C1CC12CCNCC2.Cl.Cl. The van der Waals surface area contributed by atoms with E-state index in [2.05, 4.69) is 45.7 Å². The van der Waals surface area contributed by atoms with Crippen LogP contribution in [0.4, 0.5) is 11.4 Å². The summed E-state index contributed by atoms with van der Waals surface area (Å²) in [7, 11) is 0. The third-order valence-corrected chi connectivity index (χ3v) is 5.28. The van der Waals surface area contributed by atoms with Gasteiger partial charge in [-0.2, -0.15) is 0 Å². The van der Waals surface area contributed by atoms with Gasteiger partial charge in [0.25, 0.3) is 0 Å². The molecule has 7 heteroatoms. The van der Waals surface area contributed by atoms with Gasteiger partial charge in [0.05, 0.1) is 11.4 Å². The fourth-order valence-corrected chi connectivity index (χ4v) is 3.83. The third kappa shape index (κ3) is 4.78. The van der Waals surface area contributed by atoms with Crippen molar-refractivity contribution in [2.45, 2.75) is 39.2 Å². The number of benzene rings is 1. The Hall–Kier alpha value is -0.490. The van der Waals surface area contributed by atoms with Gasteiger partial charge in [-0.25, -0.2) is 0 Å². The Labute approximate surface area is 164 Å². The van der Waals surface area contributed by atoms with Gasteiger partial charge in [0.15, 0.2) is 0 Å². The van der Waals surface area contributed by atoms with Crippen molar-refractivity contribution >= 4 is 58.0 Å². The molecule has 1 aromatic rings. The Kier molecular flexibility index (Phi) is 7.85. The van der Waals surface area contributed by atoms with Crippen molar-refractivity contribution in [1.82, 2.24) is 5.32 Å². The molecule has 24 heavy (non-hydrogen) atoms. The van der Waals surface area contributed by atoms with Crippen LogP contribution in [0.5, 0.6) is 0 Å². The average Bonchev–Trinajstić information content (AvgIpc) is 3.16. The van der Waals surface area contributed by atoms with Crippen molar-refractivity contribution < 1.29 is 4.79 Å². The van der Waals surface area contributed by atoms with Gasteiger partial charge >= 0.3 is 0 Å². The molecule has 1 saturated heterocycles. The summed E-state index contributed by atoms with van der Waals surface area (Å²) in [4.78, 5) is 12.6. The van der Waals surface area contributed by atoms with E-state index >= 15 is 0 Å². The fraction of sp³-hybridized carbons (Fsp3) is 0.588. The second kappa shape index (κ2) is 8.75. The van der Waals surface area contributed by atoms with Crippen LogP contribution in [0.1, 0.15) is 33.1 Å². The first-order chi connectivity index (χ1) is 10.5. The molecular formula is C17H26BrCl2N3O. The molecular weight excluding hydrogens is 413 g/mol. The number of hydrogen-bond acceptors (Lipinski definition) is 3. The fourth-order valence-electron chi connectivity index (χ4n) is 3.47. The zero-order chi connectivity index (χ0) is 15.7. The van der Waals surface area contributed by atoms with E-state index in [1.807, 2.05) is 18.2 Å². The molecule has 3 N–H and O–H groups in total. The minimum absolute atomic E-state index is 0. The van der Waals surface area contributed by atoms with Crippen LogP contribution in [0, 0.1) is 11.3 Å². The molecule has 2 fully saturated rings. The summed E-state index contributed by atoms with van der Waals surface area (Å²) in [5.74, 6) is 0.354. The molecule has 1 aromatic carbocycles. The summed E-state index contributed by atoms with van der Waals surface area (Å²) < 4.78 is 0.976. The van der Waals surface area contributed by atoms with Crippen molar-refractivity contribution in [2.24, 2.45) is 11.3 Å². The zero-order valence-corrected chi connectivity index (χ0v) is 17.2. The number of amides is 1. The third-order valence-electron chi connectivity index (χ3n) is 4.79. The van der Waals surface area contributed by atoms with Crippen LogP contribution < -0.4 is 16.0 Å². The first-order valence-electron chi connectivity index (χ1n) is 8.08. The van der Waals surface area contributed by atoms with Gasteiger partial charge in [-0.3, -0.25) is 4.79 Å². The first-order valence-corrected chi connectivity index (χ1v) is 8.87.